The predicted octanol–water partition coefficient (Wildman–Crippen LogP) is 3.00. The Morgan fingerprint density at radius 2 is 2.00 bits per heavy atom. The van der Waals surface area contributed by atoms with Crippen molar-refractivity contribution in [2.75, 3.05) is 5.32 Å². The van der Waals surface area contributed by atoms with Crippen molar-refractivity contribution in [1.29, 1.82) is 0 Å². The second kappa shape index (κ2) is 5.14. The lowest BCUT2D eigenvalue weighted by Gasteiger charge is -2.07. The molecule has 0 atom stereocenters. The van der Waals surface area contributed by atoms with Crippen LogP contribution in [0, 0.1) is 13.8 Å². The SMILES string of the molecule is Cc1cnc(Cl)c(NC(=O)c2ccc(C)nc2)c1. The van der Waals surface area contributed by atoms with Gasteiger partial charge in [0.25, 0.3) is 5.91 Å². The van der Waals surface area contributed by atoms with Crippen LogP contribution in [0.15, 0.2) is 30.6 Å². The minimum atomic E-state index is -0.253. The van der Waals surface area contributed by atoms with Gasteiger partial charge in [0.1, 0.15) is 0 Å². The molecule has 0 radical (unpaired) electrons. The van der Waals surface area contributed by atoms with E-state index in [1.165, 1.54) is 6.20 Å². The summed E-state index contributed by atoms with van der Waals surface area (Å²) in [6.45, 7) is 3.75. The molecule has 1 N–H and O–H groups in total. The highest BCUT2D eigenvalue weighted by atomic mass is 35.5. The normalized spacial score (nSPS) is 10.2. The molecule has 1 amide bonds. The zero-order chi connectivity index (χ0) is 13.1. The minimum absolute atomic E-state index is 0.253. The van der Waals surface area contributed by atoms with Crippen molar-refractivity contribution in [3.63, 3.8) is 0 Å². The third-order valence-electron chi connectivity index (χ3n) is 2.40. The molecule has 0 fully saturated rings. The van der Waals surface area contributed by atoms with Gasteiger partial charge in [-0.25, -0.2) is 4.98 Å². The number of rotatable bonds is 2. The van der Waals surface area contributed by atoms with Crippen molar-refractivity contribution in [1.82, 2.24) is 9.97 Å². The van der Waals surface area contributed by atoms with E-state index in [4.69, 9.17) is 11.6 Å². The molecule has 0 spiro atoms. The molecule has 92 valence electrons. The average molecular weight is 262 g/mol. The monoisotopic (exact) mass is 261 g/mol. The first-order valence-electron chi connectivity index (χ1n) is 5.42. The molecule has 0 saturated heterocycles. The summed E-state index contributed by atoms with van der Waals surface area (Å²) < 4.78 is 0. The first-order chi connectivity index (χ1) is 8.56. The standard InChI is InChI=1S/C13H12ClN3O/c1-8-5-11(12(14)16-6-8)17-13(18)10-4-3-9(2)15-7-10/h3-7H,1-2H3,(H,17,18). The van der Waals surface area contributed by atoms with E-state index in [1.807, 2.05) is 13.8 Å². The number of aromatic nitrogens is 2. The van der Waals surface area contributed by atoms with Gasteiger partial charge < -0.3 is 5.32 Å². The molecule has 0 aromatic carbocycles. The summed E-state index contributed by atoms with van der Waals surface area (Å²) in [4.78, 5) is 20.0. The molecule has 2 heterocycles. The van der Waals surface area contributed by atoms with Gasteiger partial charge in [0.2, 0.25) is 0 Å². The zero-order valence-electron chi connectivity index (χ0n) is 10.1. The zero-order valence-corrected chi connectivity index (χ0v) is 10.8. The lowest BCUT2D eigenvalue weighted by atomic mass is 10.2. The van der Waals surface area contributed by atoms with Crippen LogP contribution in [-0.4, -0.2) is 15.9 Å². The van der Waals surface area contributed by atoms with Gasteiger partial charge in [-0.3, -0.25) is 9.78 Å². The number of carbonyl (C=O) groups excluding carboxylic acids is 1. The number of nitrogens with zero attached hydrogens (tertiary/aromatic N) is 2. The maximum Gasteiger partial charge on any atom is 0.257 e. The quantitative estimate of drug-likeness (QED) is 0.846. The van der Waals surface area contributed by atoms with E-state index in [0.29, 0.717) is 11.3 Å². The van der Waals surface area contributed by atoms with Crippen LogP contribution in [0.25, 0.3) is 0 Å². The lowest BCUT2D eigenvalue weighted by molar-refractivity contribution is 0.102. The van der Waals surface area contributed by atoms with E-state index in [9.17, 15) is 4.79 Å². The molecule has 0 aliphatic heterocycles. The highest BCUT2D eigenvalue weighted by molar-refractivity contribution is 6.32. The summed E-state index contributed by atoms with van der Waals surface area (Å²) >= 11 is 5.91. The fourth-order valence-electron chi connectivity index (χ4n) is 1.44. The van der Waals surface area contributed by atoms with E-state index >= 15 is 0 Å². The van der Waals surface area contributed by atoms with Gasteiger partial charge >= 0.3 is 0 Å². The first-order valence-corrected chi connectivity index (χ1v) is 5.80. The van der Waals surface area contributed by atoms with Crippen LogP contribution in [0.2, 0.25) is 5.15 Å². The number of nitrogens with one attached hydrogen (secondary N) is 1. The number of pyridine rings is 2. The molecule has 0 aliphatic rings. The Morgan fingerprint density at radius 1 is 1.22 bits per heavy atom. The van der Waals surface area contributed by atoms with E-state index < -0.39 is 0 Å². The van der Waals surface area contributed by atoms with Crippen LogP contribution in [0.1, 0.15) is 21.6 Å². The summed E-state index contributed by atoms with van der Waals surface area (Å²) in [6.07, 6.45) is 3.17. The predicted molar refractivity (Wildman–Crippen MR) is 70.9 cm³/mol. The van der Waals surface area contributed by atoms with Crippen molar-refractivity contribution >= 4 is 23.2 Å². The van der Waals surface area contributed by atoms with Crippen LogP contribution in [0.4, 0.5) is 5.69 Å². The topological polar surface area (TPSA) is 54.9 Å². The largest absolute Gasteiger partial charge is 0.319 e. The number of hydrogen-bond donors (Lipinski definition) is 1. The maximum absolute atomic E-state index is 12.0. The Morgan fingerprint density at radius 3 is 2.67 bits per heavy atom. The molecule has 0 unspecified atom stereocenters. The van der Waals surface area contributed by atoms with Gasteiger partial charge in [0.15, 0.2) is 5.15 Å². The van der Waals surface area contributed by atoms with Crippen LogP contribution < -0.4 is 5.32 Å². The number of halogens is 1. The van der Waals surface area contributed by atoms with Crippen molar-refractivity contribution in [2.45, 2.75) is 13.8 Å². The molecule has 5 heteroatoms. The number of aryl methyl sites for hydroxylation is 2. The summed E-state index contributed by atoms with van der Waals surface area (Å²) in [7, 11) is 0. The summed E-state index contributed by atoms with van der Waals surface area (Å²) in [6, 6.07) is 5.27. The molecule has 18 heavy (non-hydrogen) atoms. The van der Waals surface area contributed by atoms with E-state index in [1.54, 1.807) is 24.4 Å². The van der Waals surface area contributed by atoms with Gasteiger partial charge in [-0.05, 0) is 37.6 Å². The molecule has 4 nitrogen and oxygen atoms in total. The highest BCUT2D eigenvalue weighted by Gasteiger charge is 2.09. The van der Waals surface area contributed by atoms with Crippen LogP contribution >= 0.6 is 11.6 Å². The van der Waals surface area contributed by atoms with E-state index in [0.717, 1.165) is 11.3 Å². The Labute approximate surface area is 110 Å². The number of anilines is 1. The Hall–Kier alpha value is -1.94. The van der Waals surface area contributed by atoms with Gasteiger partial charge in [0, 0.05) is 18.1 Å². The van der Waals surface area contributed by atoms with Gasteiger partial charge in [-0.15, -0.1) is 0 Å². The Bertz CT molecular complexity index is 581. The molecular weight excluding hydrogens is 250 g/mol. The van der Waals surface area contributed by atoms with Crippen molar-refractivity contribution in [3.8, 4) is 0 Å². The molecule has 0 bridgehead atoms. The minimum Gasteiger partial charge on any atom is -0.319 e. The molecule has 2 aromatic heterocycles. The van der Waals surface area contributed by atoms with E-state index in [-0.39, 0.29) is 11.1 Å². The summed E-state index contributed by atoms with van der Waals surface area (Å²) in [5, 5.41) is 2.99. The third-order valence-corrected chi connectivity index (χ3v) is 2.70. The van der Waals surface area contributed by atoms with Crippen LogP contribution in [0.5, 0.6) is 0 Å². The average Bonchev–Trinajstić information content (AvgIpc) is 2.34. The second-order valence-corrected chi connectivity index (χ2v) is 4.35. The Kier molecular flexibility index (Phi) is 3.58. The number of carbonyl (C=O) groups is 1. The fourth-order valence-corrected chi connectivity index (χ4v) is 1.59. The van der Waals surface area contributed by atoms with Crippen molar-refractivity contribution < 1.29 is 4.79 Å². The van der Waals surface area contributed by atoms with Gasteiger partial charge in [-0.1, -0.05) is 11.6 Å². The summed E-state index contributed by atoms with van der Waals surface area (Å²) in [5.74, 6) is -0.253. The fraction of sp³-hybridized carbons (Fsp3) is 0.154. The molecule has 0 saturated carbocycles. The number of hydrogen-bond acceptors (Lipinski definition) is 3. The maximum atomic E-state index is 12.0. The van der Waals surface area contributed by atoms with Gasteiger partial charge in [0.05, 0.1) is 11.3 Å². The van der Waals surface area contributed by atoms with Crippen LogP contribution in [0.3, 0.4) is 0 Å². The van der Waals surface area contributed by atoms with E-state index in [2.05, 4.69) is 15.3 Å². The molecule has 2 rings (SSSR count). The smallest absolute Gasteiger partial charge is 0.257 e. The number of amides is 1. The Balaban J connectivity index is 2.21. The molecule has 0 aliphatic carbocycles. The highest BCUT2D eigenvalue weighted by Crippen LogP contribution is 2.20. The van der Waals surface area contributed by atoms with Gasteiger partial charge in [-0.2, -0.15) is 0 Å². The first kappa shape index (κ1) is 12.5. The third kappa shape index (κ3) is 2.84. The molecule has 2 aromatic rings. The molecular formula is C13H12ClN3O. The summed E-state index contributed by atoms with van der Waals surface area (Å²) in [5.41, 5.74) is 2.78. The van der Waals surface area contributed by atoms with Crippen LogP contribution in [-0.2, 0) is 0 Å². The van der Waals surface area contributed by atoms with Crippen molar-refractivity contribution in [3.05, 3.63) is 52.6 Å². The lowest BCUT2D eigenvalue weighted by Crippen LogP contribution is -2.13. The van der Waals surface area contributed by atoms with Crippen molar-refractivity contribution in [2.24, 2.45) is 0 Å². The second-order valence-electron chi connectivity index (χ2n) is 3.99.